The molecule has 4 aromatic heterocycles. The average Bonchev–Trinajstić information content (AvgIpc) is 1.64. The number of hydrogen-bond acceptors (Lipinski definition) is 22. The number of amides is 1. The summed E-state index contributed by atoms with van der Waals surface area (Å²) in [6.45, 7) is 10.5. The van der Waals surface area contributed by atoms with E-state index in [2.05, 4.69) is 147 Å². The summed E-state index contributed by atoms with van der Waals surface area (Å²) in [5, 5.41) is 28.7. The molecule has 1 saturated heterocycles. The summed E-state index contributed by atoms with van der Waals surface area (Å²) in [6, 6.07) is 87.9. The number of benzene rings is 13. The first kappa shape index (κ1) is 107. The van der Waals surface area contributed by atoms with E-state index in [1.54, 1.807) is 117 Å². The van der Waals surface area contributed by atoms with E-state index >= 15 is 0 Å². The molecule has 0 saturated carbocycles. The van der Waals surface area contributed by atoms with E-state index in [1.807, 2.05) is 141 Å². The molecule has 13 aromatic carbocycles. The summed E-state index contributed by atoms with van der Waals surface area (Å²) >= 11 is 15.1. The first-order valence-electron chi connectivity index (χ1n) is 46.3. The number of aromatic nitrogens is 2. The molecule has 0 spiro atoms. The Bertz CT molecular complexity index is 7930. The Morgan fingerprint density at radius 2 is 1.26 bits per heavy atom. The fourth-order valence-corrected chi connectivity index (χ4v) is 21.9. The number of esters is 1. The van der Waals surface area contributed by atoms with Gasteiger partial charge in [0.2, 0.25) is 21.7 Å². The zero-order valence-corrected chi connectivity index (χ0v) is 86.7. The number of furan rings is 1. The van der Waals surface area contributed by atoms with Gasteiger partial charge in [-0.2, -0.15) is 4.31 Å². The van der Waals surface area contributed by atoms with Crippen molar-refractivity contribution in [2.24, 2.45) is 17.8 Å². The highest BCUT2D eigenvalue weighted by atomic mass is 79.9. The second-order valence-corrected chi connectivity index (χ2v) is 39.7. The lowest BCUT2D eigenvalue weighted by Crippen LogP contribution is -2.30. The summed E-state index contributed by atoms with van der Waals surface area (Å²) in [7, 11) is 3.13. The maximum absolute atomic E-state index is 14.0. The second-order valence-electron chi connectivity index (χ2n) is 34.5. The number of rotatable bonds is 27. The number of aryl methyl sites for hydroxylation is 3. The van der Waals surface area contributed by atoms with Gasteiger partial charge in [0.25, 0.3) is 10.0 Å². The zero-order chi connectivity index (χ0) is 104. The normalized spacial score (nSPS) is 14.1. The van der Waals surface area contributed by atoms with Crippen molar-refractivity contribution in [3.05, 3.63) is 396 Å². The van der Waals surface area contributed by atoms with E-state index in [0.717, 1.165) is 68.4 Å². The number of nitrogens with one attached hydrogen (secondary N) is 1. The zero-order valence-electron chi connectivity index (χ0n) is 81.9. The van der Waals surface area contributed by atoms with Crippen molar-refractivity contribution in [3.8, 4) is 91.2 Å². The number of pyridine rings is 1. The molecule has 3 N–H and O–H groups in total. The third-order valence-electron chi connectivity index (χ3n) is 24.9. The lowest BCUT2D eigenvalue weighted by molar-refractivity contribution is -0.134. The van der Waals surface area contributed by atoms with Gasteiger partial charge in [-0.25, -0.2) is 16.8 Å². The topological polar surface area (TPSA) is 317 Å². The Morgan fingerprint density at radius 1 is 0.605 bits per heavy atom. The van der Waals surface area contributed by atoms with E-state index in [0.29, 0.717) is 98.0 Å². The Balaban J connectivity index is 0.000000146. The summed E-state index contributed by atoms with van der Waals surface area (Å²) in [6.07, 6.45) is 13.5. The SMILES string of the molecule is C.COc1cc(-c2noc(C)c2/C=C/c2ccc(OC(C)=O)cc2)cc(OC)c1OC.COc1ccc(Cc2nccc3cc(OC)c(OC)cc23)cc1OC.Cc1ccc(-c2c(C3C4C=CCC(C)C4C(=O)N3Cc3ccccc3)ccc3ccccc23)cc1.Cc1ccccc1-c1cc(=O)c2c(O)ccc(NS(=O)(=O)c3cc(Cl)cc(Cl)c3O)c2o1.O=S(=O)(c1ccccc1Br)N(Cc1ccccc1)Cc1ccco1. The van der Waals surface area contributed by atoms with Crippen LogP contribution >= 0.6 is 39.1 Å². The highest BCUT2D eigenvalue weighted by Crippen LogP contribution is 2.53. The molecule has 1 fully saturated rings. The number of phenols is 2. The number of halogens is 3. The molecular weight excluding hydrogens is 2010 g/mol. The van der Waals surface area contributed by atoms with Gasteiger partial charge in [-0.1, -0.05) is 242 Å². The molecule has 19 rings (SSSR count). The van der Waals surface area contributed by atoms with Gasteiger partial charge in [-0.15, -0.1) is 0 Å². The fraction of sp³-hybridized carbons (Fsp3) is 0.188. The average molecular weight is 2120 g/mol. The van der Waals surface area contributed by atoms with Gasteiger partial charge in [-0.3, -0.25) is 24.1 Å². The Labute approximate surface area is 872 Å². The molecule has 25 nitrogen and oxygen atoms in total. The maximum atomic E-state index is 14.0. The predicted octanol–water partition coefficient (Wildman–Crippen LogP) is 26.7. The molecule has 147 heavy (non-hydrogen) atoms. The Morgan fingerprint density at radius 3 is 1.93 bits per heavy atom. The predicted molar refractivity (Wildman–Crippen MR) is 580 cm³/mol. The number of sulfonamides is 2. The summed E-state index contributed by atoms with van der Waals surface area (Å²) in [4.78, 5) is 44.2. The first-order chi connectivity index (χ1) is 70.4. The first-order valence-corrected chi connectivity index (χ1v) is 50.8. The van der Waals surface area contributed by atoms with Crippen LogP contribution in [0.4, 0.5) is 5.69 Å². The number of carbonyl (C=O) groups is 2. The molecule has 17 aromatic rings. The minimum Gasteiger partial charge on any atom is -0.507 e. The number of likely N-dealkylation sites (tertiary alicyclic amines) is 1. The number of nitrogens with zero attached hydrogens (tertiary/aromatic N) is 4. The number of allylic oxidation sites excluding steroid dienone is 1. The molecule has 1 amide bonds. The molecule has 30 heteroatoms. The van der Waals surface area contributed by atoms with E-state index in [-0.39, 0.29) is 87.5 Å². The number of fused-ring (bicyclic) bond motifs is 4. The summed E-state index contributed by atoms with van der Waals surface area (Å²) in [5.74, 6) is 5.80. The van der Waals surface area contributed by atoms with Crippen LogP contribution in [0.25, 0.3) is 78.4 Å². The number of carbonyl (C=O) groups excluding carboxylic acids is 2. The smallest absolute Gasteiger partial charge is 0.308 e. The van der Waals surface area contributed by atoms with Crippen LogP contribution in [-0.2, 0) is 55.7 Å². The highest BCUT2D eigenvalue weighted by molar-refractivity contribution is 9.10. The number of ether oxygens (including phenoxy) is 8. The second kappa shape index (κ2) is 48.5. The number of aromatic hydroxyl groups is 2. The van der Waals surface area contributed by atoms with Crippen LogP contribution in [-0.4, -0.2) is 108 Å². The lowest BCUT2D eigenvalue weighted by atomic mass is 9.74. The number of hydrogen-bond donors (Lipinski definition) is 3. The van der Waals surface area contributed by atoms with Crippen molar-refractivity contribution in [2.75, 3.05) is 54.5 Å². The molecule has 1 aliphatic carbocycles. The molecule has 1 aliphatic heterocycles. The van der Waals surface area contributed by atoms with Crippen molar-refractivity contribution in [3.63, 3.8) is 0 Å². The van der Waals surface area contributed by atoms with Crippen LogP contribution in [0.5, 0.6) is 57.5 Å². The Hall–Kier alpha value is -15.4. The van der Waals surface area contributed by atoms with Gasteiger partial charge in [0, 0.05) is 82.1 Å². The number of methoxy groups -OCH3 is 7. The Kier molecular flexibility index (Phi) is 35.4. The maximum Gasteiger partial charge on any atom is 0.308 e. The fourth-order valence-electron chi connectivity index (χ4n) is 17.8. The van der Waals surface area contributed by atoms with Gasteiger partial charge < -0.3 is 66.4 Å². The number of phenolic OH excluding ortho intramolecular Hbond substituents is 2. The van der Waals surface area contributed by atoms with E-state index in [4.69, 9.17) is 74.5 Å². The van der Waals surface area contributed by atoms with Gasteiger partial charge in [0.05, 0.1) is 89.9 Å². The summed E-state index contributed by atoms with van der Waals surface area (Å²) < 4.78 is 116. The third-order valence-corrected chi connectivity index (χ3v) is 29.6. The molecule has 0 bridgehead atoms. The van der Waals surface area contributed by atoms with Gasteiger partial charge in [-0.05, 0) is 219 Å². The van der Waals surface area contributed by atoms with Gasteiger partial charge in [0.15, 0.2) is 51.3 Å². The molecule has 5 heterocycles. The van der Waals surface area contributed by atoms with Crippen molar-refractivity contribution < 1.29 is 87.9 Å². The monoisotopic (exact) mass is 2120 g/mol. The van der Waals surface area contributed by atoms with Crippen LogP contribution in [0.15, 0.2) is 342 Å². The van der Waals surface area contributed by atoms with Crippen LogP contribution in [0, 0.1) is 38.5 Å². The van der Waals surface area contributed by atoms with E-state index in [9.17, 15) is 41.4 Å². The van der Waals surface area contributed by atoms with Crippen molar-refractivity contribution in [2.45, 2.75) is 90.4 Å². The largest absolute Gasteiger partial charge is 0.507 e. The molecular formula is C117H110BrCl2N5O20S2. The molecule has 4 atom stereocenters. The van der Waals surface area contributed by atoms with Gasteiger partial charge >= 0.3 is 5.97 Å². The molecule has 756 valence electrons. The quantitative estimate of drug-likeness (QED) is 0.0186. The molecule has 4 unspecified atom stereocenters. The minimum absolute atomic E-state index is 0. The number of anilines is 1. The van der Waals surface area contributed by atoms with Crippen LogP contribution in [0.1, 0.15) is 95.5 Å². The van der Waals surface area contributed by atoms with E-state index in [1.165, 1.54) is 68.0 Å². The van der Waals surface area contributed by atoms with Gasteiger partial charge in [0.1, 0.15) is 44.8 Å². The minimum atomic E-state index is -4.40. The molecule has 2 aliphatic rings. The standard InChI is InChI=1S/C33H31NO.C23H23NO6.C22H15Cl2NO6S.C20H21NO4.C18H16BrNO3S.CH4/c1-22-15-17-26(18-16-22)31-27-13-7-6-12-25(27)19-20-29(31)32-28-14-8-9-23(2)30(28)33(35)34(32)21-24-10-4-3-5-11-24;1-14-19(11-8-16-6-9-18(10-7-16)29-15(2)25)22(24-30-14)17-12-20(26-3)23(28-5)21(13-17)27-4;1-11-4-2-3-5-13(11)18-10-17(27)20-16(26)7-6-15(22(20)31-18)25-32(29,30)19-9-12(23)8-14(24)21(19)28;1-22-17-6-5-13(10-18(17)23-2)9-16-15-12-20(25-4)19(24-3)11-14(15)7-8-21-16;19-17-10-4-5-11-18(17)24(21,22)20(14-16-9-6-12-23-16)13-15-7-2-1-3-8-15;/h3-8,10-20,23,28,30,32H,9,21H2,1-2H3;6-13H,1-5H3;2-10,25-26,28H,1H3;5-8,10-12H,9H2,1-4H3;1-12H,13-14H2;1H4/b;11-8+;;;;. The van der Waals surface area contributed by atoms with E-state index < -0.39 is 36.1 Å². The molecule has 0 radical (unpaired) electrons. The third kappa shape index (κ3) is 24.9. The van der Waals surface area contributed by atoms with Crippen molar-refractivity contribution in [1.29, 1.82) is 0 Å². The summed E-state index contributed by atoms with van der Waals surface area (Å²) in [5.41, 5.74) is 12.9. The van der Waals surface area contributed by atoms with Crippen LogP contribution in [0.3, 0.4) is 0 Å². The van der Waals surface area contributed by atoms with Crippen molar-refractivity contribution >= 4 is 121 Å². The van der Waals surface area contributed by atoms with Crippen LogP contribution in [0.2, 0.25) is 10.0 Å². The van der Waals surface area contributed by atoms with Crippen LogP contribution < -0.4 is 48.0 Å². The lowest BCUT2D eigenvalue weighted by Gasteiger charge is -2.31. The highest BCUT2D eigenvalue weighted by Gasteiger charge is 2.51. The van der Waals surface area contributed by atoms with Crippen molar-refractivity contribution in [1.82, 2.24) is 19.3 Å².